The number of rotatable bonds is 8. The Balaban J connectivity index is 0.00000116. The molecular weight excluding hydrogens is 528 g/mol. The molecule has 3 heterocycles. The number of anilines is 1. The zero-order chi connectivity index (χ0) is 28.9. The number of nitrogens with one attached hydrogen (secondary N) is 2. The van der Waals surface area contributed by atoms with Crippen molar-refractivity contribution in [2.45, 2.75) is 67.4 Å². The van der Waals surface area contributed by atoms with E-state index in [0.717, 1.165) is 40.6 Å². The Hall–Kier alpha value is -3.70. The first-order valence-corrected chi connectivity index (χ1v) is 12.8. The van der Waals surface area contributed by atoms with Crippen molar-refractivity contribution in [3.8, 4) is 11.4 Å². The van der Waals surface area contributed by atoms with Crippen molar-refractivity contribution in [2.24, 2.45) is 5.92 Å². The summed E-state index contributed by atoms with van der Waals surface area (Å²) in [5.41, 5.74) is 6.39. The number of H-pyrrole nitrogens is 1. The van der Waals surface area contributed by atoms with Gasteiger partial charge in [0.15, 0.2) is 6.10 Å². The van der Waals surface area contributed by atoms with E-state index in [1.807, 2.05) is 13.1 Å². The molecule has 0 bridgehead atoms. The highest BCUT2D eigenvalue weighted by Gasteiger charge is 2.16. The van der Waals surface area contributed by atoms with Crippen LogP contribution >= 0.6 is 0 Å². The summed E-state index contributed by atoms with van der Waals surface area (Å²) in [5.74, 6) is 1.01. The second-order valence-electron chi connectivity index (χ2n) is 9.69. The van der Waals surface area contributed by atoms with Gasteiger partial charge in [0.25, 0.3) is 0 Å². The number of imidazole rings is 1. The Kier molecular flexibility index (Phi) is 16.9. The second kappa shape index (κ2) is 18.6. The number of hydrogen-bond donors (Lipinski definition) is 5. The summed E-state index contributed by atoms with van der Waals surface area (Å²) >= 11 is 0. The predicted octanol–water partition coefficient (Wildman–Crippen LogP) is 3.59. The lowest BCUT2D eigenvalue weighted by atomic mass is 9.92. The molecule has 1 atom stereocenters. The van der Waals surface area contributed by atoms with Gasteiger partial charge < -0.3 is 30.5 Å². The van der Waals surface area contributed by atoms with Gasteiger partial charge in [0.1, 0.15) is 5.82 Å². The number of nitrogens with zero attached hydrogens (tertiary/aromatic N) is 4. The molecule has 1 fully saturated rings. The molecule has 0 unspecified atom stereocenters. The number of aromatic nitrogens is 4. The highest BCUT2D eigenvalue weighted by Crippen LogP contribution is 2.25. The summed E-state index contributed by atoms with van der Waals surface area (Å²) in [4.78, 5) is 45.6. The molecule has 41 heavy (non-hydrogen) atoms. The third kappa shape index (κ3) is 11.7. The first kappa shape index (κ1) is 37.3. The van der Waals surface area contributed by atoms with E-state index in [1.165, 1.54) is 49.9 Å². The second-order valence-corrected chi connectivity index (χ2v) is 9.69. The topological polar surface area (TPSA) is 182 Å². The van der Waals surface area contributed by atoms with Crippen LogP contribution in [0.4, 0.5) is 5.95 Å². The van der Waals surface area contributed by atoms with Crippen LogP contribution in [0.2, 0.25) is 0 Å². The fourth-order valence-corrected chi connectivity index (χ4v) is 4.40. The number of carboxylic acids is 1. The zero-order valence-electron chi connectivity index (χ0n) is 22.9. The Morgan fingerprint density at radius 3 is 2.34 bits per heavy atom. The van der Waals surface area contributed by atoms with Crippen molar-refractivity contribution < 1.29 is 29.7 Å². The first-order chi connectivity index (χ1) is 18.6. The van der Waals surface area contributed by atoms with Crippen molar-refractivity contribution in [2.75, 3.05) is 38.6 Å². The molecule has 5 N–H and O–H groups in total. The van der Waals surface area contributed by atoms with Gasteiger partial charge in [-0.25, -0.2) is 19.7 Å². The van der Waals surface area contributed by atoms with E-state index in [1.54, 1.807) is 0 Å². The zero-order valence-corrected chi connectivity index (χ0v) is 22.9. The first-order valence-electron chi connectivity index (χ1n) is 12.8. The van der Waals surface area contributed by atoms with Crippen LogP contribution in [-0.2, 0) is 14.4 Å². The number of aliphatic hydroxyl groups is 2. The number of aryl methyl sites for hydroxylation is 3. The summed E-state index contributed by atoms with van der Waals surface area (Å²) in [5, 5.41) is 27.1. The summed E-state index contributed by atoms with van der Waals surface area (Å²) in [7, 11) is 2.22. The molecule has 2 aromatic heterocycles. The van der Waals surface area contributed by atoms with E-state index in [9.17, 15) is 4.79 Å². The third-order valence-electron chi connectivity index (χ3n) is 6.52. The maximum Gasteiger partial charge on any atom is 0.373 e. The van der Waals surface area contributed by atoms with Crippen LogP contribution in [0.5, 0.6) is 0 Å². The molecule has 3 aromatic rings. The minimum Gasteiger partial charge on any atom is -0.479 e. The average Bonchev–Trinajstić information content (AvgIpc) is 3.32. The minimum absolute atomic E-state index is 0. The number of piperidine rings is 1. The molecule has 4 rings (SSSR count). The third-order valence-corrected chi connectivity index (χ3v) is 6.52. The van der Waals surface area contributed by atoms with Crippen molar-refractivity contribution in [1.29, 1.82) is 0 Å². The summed E-state index contributed by atoms with van der Waals surface area (Å²) < 4.78 is 0. The maximum atomic E-state index is 9.52. The van der Waals surface area contributed by atoms with Crippen molar-refractivity contribution in [3.05, 3.63) is 35.2 Å². The Labute approximate surface area is 242 Å². The van der Waals surface area contributed by atoms with Crippen molar-refractivity contribution in [1.82, 2.24) is 24.8 Å². The molecule has 1 aliphatic rings. The van der Waals surface area contributed by atoms with Gasteiger partial charge in [-0.05, 0) is 89.7 Å². The van der Waals surface area contributed by atoms with Crippen LogP contribution in [0.3, 0.4) is 0 Å². The summed E-state index contributed by atoms with van der Waals surface area (Å²) in [6.07, 6.45) is 5.62. The van der Waals surface area contributed by atoms with Crippen LogP contribution < -0.4 is 5.32 Å². The predicted molar refractivity (Wildman–Crippen MR) is 158 cm³/mol. The number of hydrogen-bond acceptors (Lipinski definition) is 10. The van der Waals surface area contributed by atoms with Crippen molar-refractivity contribution in [3.63, 3.8) is 0 Å². The molecule has 0 radical (unpaired) electrons. The summed E-state index contributed by atoms with van der Waals surface area (Å²) in [6.45, 7) is 8.90. The molecule has 228 valence electrons. The number of fused-ring (bicyclic) bond motifs is 1. The van der Waals surface area contributed by atoms with E-state index < -0.39 is 18.7 Å². The van der Waals surface area contributed by atoms with Crippen LogP contribution in [0, 0.1) is 26.7 Å². The summed E-state index contributed by atoms with van der Waals surface area (Å²) in [6, 6.07) is 4.30. The molecule has 0 spiro atoms. The molecular formula is C29H46N6O6. The fourth-order valence-electron chi connectivity index (χ4n) is 4.40. The van der Waals surface area contributed by atoms with Gasteiger partial charge in [-0.3, -0.25) is 0 Å². The lowest BCUT2D eigenvalue weighted by Crippen LogP contribution is -2.30. The highest BCUT2D eigenvalue weighted by atomic mass is 16.4. The number of aliphatic hydroxyl groups excluding tert-OH is 2. The largest absolute Gasteiger partial charge is 0.479 e. The maximum absolute atomic E-state index is 9.52. The standard InChI is InChI=1S/C23H32N6.C3H6O4.CO2.2CH4/c1-15-12-16(2)21-20(13-15)27-22(28-21)19-14-25-23(26-17(19)3)24-9-5-6-18-7-10-29(4)11-8-18;4-1-2(5)3(6)7;2-1-3;;/h12-14,18H,5-11H2,1-4H3,(H,27,28)(H,24,25,26);2,4-5H,1H2,(H,6,7);;2*1H4/t;2-;;;/m.1.../s1. The smallest absolute Gasteiger partial charge is 0.373 e. The monoisotopic (exact) mass is 574 g/mol. The van der Waals surface area contributed by atoms with E-state index in [2.05, 4.69) is 58.2 Å². The minimum atomic E-state index is -1.63. The van der Waals surface area contributed by atoms with Crippen LogP contribution in [0.15, 0.2) is 18.3 Å². The van der Waals surface area contributed by atoms with Gasteiger partial charge in [0.05, 0.1) is 28.9 Å². The van der Waals surface area contributed by atoms with Crippen LogP contribution in [0.1, 0.15) is 57.4 Å². The number of carbonyl (C=O) groups is 1. The molecule has 12 heteroatoms. The molecule has 12 nitrogen and oxygen atoms in total. The number of carboxylic acid groups (broad SMARTS) is 1. The van der Waals surface area contributed by atoms with E-state index in [0.29, 0.717) is 5.95 Å². The van der Waals surface area contributed by atoms with Gasteiger partial charge in [0.2, 0.25) is 5.95 Å². The average molecular weight is 575 g/mol. The molecule has 0 amide bonds. The van der Waals surface area contributed by atoms with Gasteiger partial charge >= 0.3 is 12.1 Å². The van der Waals surface area contributed by atoms with Gasteiger partial charge in [-0.15, -0.1) is 0 Å². The van der Waals surface area contributed by atoms with E-state index in [-0.39, 0.29) is 21.0 Å². The van der Waals surface area contributed by atoms with Gasteiger partial charge in [0, 0.05) is 12.7 Å². The molecule has 1 aromatic carbocycles. The quantitative estimate of drug-likeness (QED) is 0.248. The van der Waals surface area contributed by atoms with Gasteiger partial charge in [-0.2, -0.15) is 9.59 Å². The number of aromatic amines is 1. The lowest BCUT2D eigenvalue weighted by Gasteiger charge is -2.28. The van der Waals surface area contributed by atoms with Gasteiger partial charge in [-0.1, -0.05) is 20.9 Å². The van der Waals surface area contributed by atoms with Crippen LogP contribution in [0.25, 0.3) is 22.4 Å². The van der Waals surface area contributed by atoms with Crippen molar-refractivity contribution >= 4 is 29.1 Å². The SMILES string of the molecule is C.C.Cc1cc(C)c2nc(-c3cnc(NCCCC4CCN(C)CC4)nc3C)[nH]c2c1.O=C(O)[C@H](O)CO.O=C=O. The molecule has 0 aliphatic carbocycles. The van der Waals surface area contributed by atoms with Crippen LogP contribution in [-0.4, -0.2) is 91.7 Å². The molecule has 1 aliphatic heterocycles. The highest BCUT2D eigenvalue weighted by molar-refractivity contribution is 5.83. The van der Waals surface area contributed by atoms with E-state index in [4.69, 9.17) is 29.9 Å². The van der Waals surface area contributed by atoms with E-state index >= 15 is 0 Å². The fraction of sp³-hybridized carbons (Fsp3) is 0.552. The molecule has 0 saturated carbocycles. The number of carbonyl (C=O) groups excluding carboxylic acids is 2. The number of likely N-dealkylation sites (tertiary alicyclic amines) is 1. The Bertz CT molecular complexity index is 1250. The number of benzene rings is 1. The Morgan fingerprint density at radius 1 is 1.17 bits per heavy atom. The number of aliphatic carboxylic acids is 1. The normalized spacial score (nSPS) is 13.7. The molecule has 1 saturated heterocycles. The Morgan fingerprint density at radius 2 is 1.80 bits per heavy atom. The lowest BCUT2D eigenvalue weighted by molar-refractivity contribution is -0.191.